The molecular formula is C12H20N4O. The van der Waals surface area contributed by atoms with Crippen LogP contribution < -0.4 is 5.73 Å². The highest BCUT2D eigenvalue weighted by Crippen LogP contribution is 2.28. The molecule has 94 valence electrons. The van der Waals surface area contributed by atoms with Crippen molar-refractivity contribution in [3.63, 3.8) is 0 Å². The number of hydrogen-bond acceptors (Lipinski definition) is 5. The minimum Gasteiger partial charge on any atom is -0.379 e. The maximum absolute atomic E-state index is 6.34. The molecule has 1 atom stereocenters. The molecule has 5 nitrogen and oxygen atoms in total. The first-order chi connectivity index (χ1) is 8.12. The molecule has 2 heterocycles. The first-order valence-electron chi connectivity index (χ1n) is 5.95. The lowest BCUT2D eigenvalue weighted by Crippen LogP contribution is -2.55. The van der Waals surface area contributed by atoms with Gasteiger partial charge in [-0.2, -0.15) is 0 Å². The van der Waals surface area contributed by atoms with E-state index in [1.165, 1.54) is 6.33 Å². The number of aromatic nitrogens is 2. The Morgan fingerprint density at radius 2 is 1.88 bits per heavy atom. The minimum absolute atomic E-state index is 0.0956. The van der Waals surface area contributed by atoms with Crippen LogP contribution in [0, 0.1) is 0 Å². The molecule has 1 saturated heterocycles. The van der Waals surface area contributed by atoms with Gasteiger partial charge in [0.15, 0.2) is 0 Å². The van der Waals surface area contributed by atoms with Gasteiger partial charge < -0.3 is 10.5 Å². The van der Waals surface area contributed by atoms with Crippen LogP contribution in [0.5, 0.6) is 0 Å². The smallest absolute Gasteiger partial charge is 0.115 e. The predicted molar refractivity (Wildman–Crippen MR) is 65.4 cm³/mol. The summed E-state index contributed by atoms with van der Waals surface area (Å²) in [7, 11) is 0. The van der Waals surface area contributed by atoms with Gasteiger partial charge in [-0.1, -0.05) is 0 Å². The quantitative estimate of drug-likeness (QED) is 0.832. The summed E-state index contributed by atoms with van der Waals surface area (Å²) in [5.74, 6) is 0. The van der Waals surface area contributed by atoms with Crippen molar-refractivity contribution in [2.75, 3.05) is 26.3 Å². The summed E-state index contributed by atoms with van der Waals surface area (Å²) in [5.41, 5.74) is 7.20. The first kappa shape index (κ1) is 12.4. The third-order valence-electron chi connectivity index (χ3n) is 3.53. The zero-order chi connectivity index (χ0) is 12.3. The van der Waals surface area contributed by atoms with Gasteiger partial charge in [-0.15, -0.1) is 0 Å². The van der Waals surface area contributed by atoms with Crippen LogP contribution in [-0.2, 0) is 4.74 Å². The van der Waals surface area contributed by atoms with Gasteiger partial charge in [0.1, 0.15) is 6.33 Å². The number of rotatable bonds is 3. The SMILES string of the molecule is CC(C)(C(N)c1cncnc1)N1CCOCC1. The van der Waals surface area contributed by atoms with Gasteiger partial charge in [-0.3, -0.25) is 4.90 Å². The van der Waals surface area contributed by atoms with Crippen LogP contribution in [0.3, 0.4) is 0 Å². The first-order valence-corrected chi connectivity index (χ1v) is 5.95. The van der Waals surface area contributed by atoms with Crippen molar-refractivity contribution >= 4 is 0 Å². The zero-order valence-electron chi connectivity index (χ0n) is 10.5. The van der Waals surface area contributed by atoms with E-state index in [2.05, 4.69) is 28.7 Å². The second-order valence-electron chi connectivity index (χ2n) is 4.90. The molecule has 0 saturated carbocycles. The molecule has 5 heteroatoms. The van der Waals surface area contributed by atoms with Gasteiger partial charge in [-0.25, -0.2) is 9.97 Å². The van der Waals surface area contributed by atoms with Gasteiger partial charge in [0.25, 0.3) is 0 Å². The average molecular weight is 236 g/mol. The highest BCUT2D eigenvalue weighted by atomic mass is 16.5. The molecule has 1 aromatic heterocycles. The Kier molecular flexibility index (Phi) is 3.71. The summed E-state index contributed by atoms with van der Waals surface area (Å²) in [6.07, 6.45) is 5.11. The number of morpholine rings is 1. The Bertz CT molecular complexity index is 349. The standard InChI is InChI=1S/C12H20N4O/c1-12(2,16-3-5-17-6-4-16)11(13)10-7-14-9-15-8-10/h7-9,11H,3-6,13H2,1-2H3. The van der Waals surface area contributed by atoms with Crippen LogP contribution in [0.15, 0.2) is 18.7 Å². The van der Waals surface area contributed by atoms with Gasteiger partial charge >= 0.3 is 0 Å². The largest absolute Gasteiger partial charge is 0.379 e. The van der Waals surface area contributed by atoms with Gasteiger partial charge in [0, 0.05) is 36.6 Å². The average Bonchev–Trinajstić information content (AvgIpc) is 2.40. The van der Waals surface area contributed by atoms with Crippen molar-refractivity contribution in [3.8, 4) is 0 Å². The van der Waals surface area contributed by atoms with E-state index < -0.39 is 0 Å². The zero-order valence-corrected chi connectivity index (χ0v) is 10.5. The summed E-state index contributed by atoms with van der Waals surface area (Å²) in [6.45, 7) is 7.73. The fraction of sp³-hybridized carbons (Fsp3) is 0.667. The Morgan fingerprint density at radius 3 is 2.47 bits per heavy atom. The molecule has 0 bridgehead atoms. The van der Waals surface area contributed by atoms with Gasteiger partial charge in [-0.05, 0) is 13.8 Å². The van der Waals surface area contributed by atoms with Crippen molar-refractivity contribution in [1.82, 2.24) is 14.9 Å². The Balaban J connectivity index is 2.13. The molecule has 0 radical (unpaired) electrons. The monoisotopic (exact) mass is 236 g/mol. The second-order valence-corrected chi connectivity index (χ2v) is 4.90. The summed E-state index contributed by atoms with van der Waals surface area (Å²) in [4.78, 5) is 10.4. The molecule has 2 N–H and O–H groups in total. The Hall–Kier alpha value is -1.04. The predicted octanol–water partition coefficient (Wildman–Crippen LogP) is 0.587. The molecule has 17 heavy (non-hydrogen) atoms. The van der Waals surface area contributed by atoms with Gasteiger partial charge in [0.05, 0.1) is 19.3 Å². The van der Waals surface area contributed by atoms with Crippen molar-refractivity contribution in [3.05, 3.63) is 24.3 Å². The van der Waals surface area contributed by atoms with Crippen LogP contribution >= 0.6 is 0 Å². The van der Waals surface area contributed by atoms with E-state index in [4.69, 9.17) is 10.5 Å². The van der Waals surface area contributed by atoms with Crippen LogP contribution in [0.2, 0.25) is 0 Å². The van der Waals surface area contributed by atoms with E-state index >= 15 is 0 Å². The molecule has 1 unspecified atom stereocenters. The van der Waals surface area contributed by atoms with Crippen LogP contribution in [0.25, 0.3) is 0 Å². The Morgan fingerprint density at radius 1 is 1.29 bits per heavy atom. The third-order valence-corrected chi connectivity index (χ3v) is 3.53. The number of ether oxygens (including phenoxy) is 1. The molecule has 1 aliphatic rings. The number of nitrogens with two attached hydrogens (primary N) is 1. The topological polar surface area (TPSA) is 64.3 Å². The van der Waals surface area contributed by atoms with Crippen molar-refractivity contribution in [2.24, 2.45) is 5.73 Å². The Labute approximate surface area is 102 Å². The fourth-order valence-corrected chi connectivity index (χ4v) is 2.22. The highest BCUT2D eigenvalue weighted by Gasteiger charge is 2.35. The minimum atomic E-state index is -0.117. The molecule has 0 aliphatic carbocycles. The van der Waals surface area contributed by atoms with E-state index in [1.54, 1.807) is 12.4 Å². The molecule has 0 spiro atoms. The van der Waals surface area contributed by atoms with Crippen molar-refractivity contribution in [1.29, 1.82) is 0 Å². The summed E-state index contributed by atoms with van der Waals surface area (Å²) in [5, 5.41) is 0. The van der Waals surface area contributed by atoms with E-state index in [9.17, 15) is 0 Å². The van der Waals surface area contributed by atoms with E-state index in [0.29, 0.717) is 0 Å². The maximum Gasteiger partial charge on any atom is 0.115 e. The normalized spacial score (nSPS) is 20.2. The lowest BCUT2D eigenvalue weighted by Gasteiger charge is -2.44. The number of hydrogen-bond donors (Lipinski definition) is 1. The lowest BCUT2D eigenvalue weighted by molar-refractivity contribution is -0.0191. The molecule has 0 amide bonds. The van der Waals surface area contributed by atoms with E-state index in [1.807, 2.05) is 0 Å². The van der Waals surface area contributed by atoms with E-state index in [0.717, 1.165) is 31.9 Å². The second kappa shape index (κ2) is 5.08. The summed E-state index contributed by atoms with van der Waals surface area (Å²) < 4.78 is 5.37. The van der Waals surface area contributed by atoms with Gasteiger partial charge in [0.2, 0.25) is 0 Å². The van der Waals surface area contributed by atoms with Crippen molar-refractivity contribution < 1.29 is 4.74 Å². The van der Waals surface area contributed by atoms with Crippen LogP contribution in [0.1, 0.15) is 25.5 Å². The van der Waals surface area contributed by atoms with Crippen molar-refractivity contribution in [2.45, 2.75) is 25.4 Å². The summed E-state index contributed by atoms with van der Waals surface area (Å²) in [6, 6.07) is -0.0956. The highest BCUT2D eigenvalue weighted by molar-refractivity contribution is 5.14. The summed E-state index contributed by atoms with van der Waals surface area (Å²) >= 11 is 0. The third kappa shape index (κ3) is 2.62. The maximum atomic E-state index is 6.34. The van der Waals surface area contributed by atoms with E-state index in [-0.39, 0.29) is 11.6 Å². The molecule has 0 aromatic carbocycles. The molecule has 2 rings (SSSR count). The number of nitrogens with zero attached hydrogens (tertiary/aromatic N) is 3. The lowest BCUT2D eigenvalue weighted by atomic mass is 9.88. The van der Waals surface area contributed by atoms with Crippen LogP contribution in [-0.4, -0.2) is 46.7 Å². The molecule has 1 aliphatic heterocycles. The molecule has 1 fully saturated rings. The fourth-order valence-electron chi connectivity index (χ4n) is 2.22. The molecular weight excluding hydrogens is 216 g/mol. The van der Waals surface area contributed by atoms with Crippen LogP contribution in [0.4, 0.5) is 0 Å². The molecule has 1 aromatic rings.